The van der Waals surface area contributed by atoms with Crippen LogP contribution in [0.25, 0.3) is 0 Å². The minimum atomic E-state index is -3.71. The summed E-state index contributed by atoms with van der Waals surface area (Å²) in [5.74, 6) is 1.28. The molecule has 5 heteroatoms. The minimum Gasteiger partial charge on any atom is -0.287 e. The highest BCUT2D eigenvalue weighted by Gasteiger charge is 2.31. The third kappa shape index (κ3) is 44.0. The predicted octanol–water partition coefficient (Wildman–Crippen LogP) is 21.7. The molecular weight excluding hydrogens is 780 g/mol. The molecule has 4 nitrogen and oxygen atoms in total. The van der Waals surface area contributed by atoms with Crippen molar-refractivity contribution in [1.29, 1.82) is 0 Å². The van der Waals surface area contributed by atoms with Crippen LogP contribution in [-0.4, -0.2) is 19.8 Å². The molecule has 62 heavy (non-hydrogen) atoms. The van der Waals surface area contributed by atoms with E-state index in [1.54, 1.807) is 0 Å². The van der Waals surface area contributed by atoms with Gasteiger partial charge in [0.25, 0.3) is 0 Å². The van der Waals surface area contributed by atoms with Crippen molar-refractivity contribution in [3.63, 3.8) is 0 Å². The monoisotopic (exact) mass is 897 g/mol. The summed E-state index contributed by atoms with van der Waals surface area (Å²) in [7, 11) is -3.71. The average molecular weight is 898 g/mol. The van der Waals surface area contributed by atoms with E-state index in [0.29, 0.717) is 37.6 Å². The summed E-state index contributed by atoms with van der Waals surface area (Å²) in [6, 6.07) is 0. The van der Waals surface area contributed by atoms with E-state index in [1.165, 1.54) is 289 Å². The molecule has 0 aliphatic carbocycles. The molecule has 0 aromatic rings. The summed E-state index contributed by atoms with van der Waals surface area (Å²) in [4.78, 5) is 0. The van der Waals surface area contributed by atoms with Crippen molar-refractivity contribution in [2.75, 3.05) is 19.8 Å². The summed E-state index contributed by atoms with van der Waals surface area (Å²) in [5, 5.41) is 0. The Balaban J connectivity index is 5.98. The highest BCUT2D eigenvalue weighted by molar-refractivity contribution is 7.48. The van der Waals surface area contributed by atoms with Gasteiger partial charge in [-0.3, -0.25) is 13.6 Å². The lowest BCUT2D eigenvalue weighted by Crippen LogP contribution is -2.17. The van der Waals surface area contributed by atoms with Crippen LogP contribution in [0, 0.1) is 17.8 Å². The van der Waals surface area contributed by atoms with Gasteiger partial charge in [0.05, 0.1) is 19.8 Å². The van der Waals surface area contributed by atoms with Crippen molar-refractivity contribution in [3.05, 3.63) is 0 Å². The van der Waals surface area contributed by atoms with Gasteiger partial charge in [0, 0.05) is 0 Å². The Kier molecular flexibility index (Phi) is 50.6. The lowest BCUT2D eigenvalue weighted by Gasteiger charge is -2.26. The van der Waals surface area contributed by atoms with Crippen molar-refractivity contribution < 1.29 is 18.1 Å². The zero-order chi connectivity index (χ0) is 45.3. The van der Waals surface area contributed by atoms with E-state index in [9.17, 15) is 0 Å². The predicted molar refractivity (Wildman–Crippen MR) is 278 cm³/mol. The molecule has 3 unspecified atom stereocenters. The standard InChI is InChI=1S/C57H117O4P/c1-7-13-19-25-31-37-43-49-55(46-40-34-28-22-16-10-4)52-59-62(58,60-53-56(47-41-35-29-23-17-11-5)50-44-38-32-26-20-14-8-2)61-54-57(48-42-36-30-24-18-12-6)51-45-39-33-27-21-15-9-3/h55-57H,7-54H2,1-6H3. The van der Waals surface area contributed by atoms with E-state index >= 15 is 4.57 Å². The van der Waals surface area contributed by atoms with E-state index in [-0.39, 0.29) is 0 Å². The van der Waals surface area contributed by atoms with E-state index in [2.05, 4.69) is 41.5 Å². The summed E-state index contributed by atoms with van der Waals surface area (Å²) < 4.78 is 34.9. The van der Waals surface area contributed by atoms with E-state index < -0.39 is 7.82 Å². The van der Waals surface area contributed by atoms with E-state index in [0.717, 1.165) is 0 Å². The molecule has 0 aromatic heterocycles. The normalized spacial score (nSPS) is 14.4. The molecule has 0 aliphatic heterocycles. The molecule has 0 radical (unpaired) electrons. The smallest absolute Gasteiger partial charge is 0.287 e. The van der Waals surface area contributed by atoms with Gasteiger partial charge in [-0.05, 0) is 56.3 Å². The Morgan fingerprint density at radius 2 is 0.387 bits per heavy atom. The number of phosphoric ester groups is 1. The lowest BCUT2D eigenvalue weighted by molar-refractivity contribution is 0.0704. The number of phosphoric acid groups is 1. The lowest BCUT2D eigenvalue weighted by atomic mass is 9.95. The van der Waals surface area contributed by atoms with Gasteiger partial charge in [0.15, 0.2) is 0 Å². The van der Waals surface area contributed by atoms with E-state index in [1.807, 2.05) is 0 Å². The Labute approximate surface area is 392 Å². The fourth-order valence-corrected chi connectivity index (χ4v) is 10.8. The van der Waals surface area contributed by atoms with E-state index in [4.69, 9.17) is 13.6 Å². The van der Waals surface area contributed by atoms with Gasteiger partial charge in [0.1, 0.15) is 0 Å². The van der Waals surface area contributed by atoms with Crippen LogP contribution < -0.4 is 0 Å². The molecular formula is C57H117O4P. The first-order valence-electron chi connectivity index (χ1n) is 29.0. The third-order valence-electron chi connectivity index (χ3n) is 14.0. The number of rotatable bonds is 54. The largest absolute Gasteiger partial charge is 0.474 e. The topological polar surface area (TPSA) is 44.8 Å². The molecule has 0 bridgehead atoms. The summed E-state index contributed by atoms with van der Waals surface area (Å²) >= 11 is 0. The van der Waals surface area contributed by atoms with Crippen LogP contribution in [0.5, 0.6) is 0 Å². The van der Waals surface area contributed by atoms with Crippen LogP contribution in [0.15, 0.2) is 0 Å². The van der Waals surface area contributed by atoms with Crippen LogP contribution in [0.2, 0.25) is 0 Å². The second-order valence-corrected chi connectivity index (χ2v) is 22.0. The third-order valence-corrected chi connectivity index (χ3v) is 15.3. The SMILES string of the molecule is CCCCCCCCCC(CCCCCCCC)COP(=O)(OCC(CCCCCCCC)CCCCCCCCC)OCC(CCCCCCCC)CCCCCCCCC. The van der Waals surface area contributed by atoms with Gasteiger partial charge in [-0.15, -0.1) is 0 Å². The molecule has 3 atom stereocenters. The molecule has 374 valence electrons. The Morgan fingerprint density at radius 1 is 0.242 bits per heavy atom. The van der Waals surface area contributed by atoms with Gasteiger partial charge in [-0.2, -0.15) is 0 Å². The number of hydrogen-bond acceptors (Lipinski definition) is 4. The maximum Gasteiger partial charge on any atom is 0.474 e. The fraction of sp³-hybridized carbons (Fsp3) is 1.00. The Hall–Kier alpha value is 0.110. The molecule has 0 rings (SSSR count). The summed E-state index contributed by atoms with van der Waals surface area (Å²) in [6.45, 7) is 15.4. The fourth-order valence-electron chi connectivity index (χ4n) is 9.45. The maximum atomic E-state index is 15.0. The van der Waals surface area contributed by atoms with Gasteiger partial charge in [0.2, 0.25) is 0 Å². The minimum absolute atomic E-state index is 0.426. The molecule has 0 fully saturated rings. The molecule has 0 saturated carbocycles. The van der Waals surface area contributed by atoms with Crippen LogP contribution in [0.3, 0.4) is 0 Å². The highest BCUT2D eigenvalue weighted by atomic mass is 31.2. The quantitative estimate of drug-likeness (QED) is 0.0451. The van der Waals surface area contributed by atoms with Crippen molar-refractivity contribution in [2.24, 2.45) is 17.8 Å². The highest BCUT2D eigenvalue weighted by Crippen LogP contribution is 2.51. The summed E-state index contributed by atoms with van der Waals surface area (Å²) in [5.41, 5.74) is 0. The van der Waals surface area contributed by atoms with Crippen LogP contribution in [0.1, 0.15) is 330 Å². The maximum absolute atomic E-state index is 15.0. The Morgan fingerprint density at radius 3 is 0.548 bits per heavy atom. The second kappa shape index (κ2) is 50.5. The first-order chi connectivity index (χ1) is 30.5. The zero-order valence-electron chi connectivity index (χ0n) is 43.8. The van der Waals surface area contributed by atoms with Crippen molar-refractivity contribution in [1.82, 2.24) is 0 Å². The van der Waals surface area contributed by atoms with Crippen LogP contribution >= 0.6 is 7.82 Å². The van der Waals surface area contributed by atoms with Crippen molar-refractivity contribution in [3.8, 4) is 0 Å². The van der Waals surface area contributed by atoms with Gasteiger partial charge < -0.3 is 0 Å². The average Bonchev–Trinajstić information content (AvgIpc) is 3.28. The van der Waals surface area contributed by atoms with Crippen LogP contribution in [-0.2, 0) is 18.1 Å². The molecule has 0 heterocycles. The number of unbranched alkanes of at least 4 members (excludes halogenated alkanes) is 33. The summed E-state index contributed by atoms with van der Waals surface area (Å²) in [6.07, 6.45) is 58.5. The van der Waals surface area contributed by atoms with Gasteiger partial charge >= 0.3 is 7.82 Å². The van der Waals surface area contributed by atoms with Crippen molar-refractivity contribution >= 4 is 7.82 Å². The molecule has 0 saturated heterocycles. The zero-order valence-corrected chi connectivity index (χ0v) is 44.6. The second-order valence-electron chi connectivity index (χ2n) is 20.3. The first-order valence-corrected chi connectivity index (χ1v) is 30.5. The molecule has 0 spiro atoms. The first kappa shape index (κ1) is 62.1. The van der Waals surface area contributed by atoms with Gasteiger partial charge in [-0.25, -0.2) is 4.57 Å². The van der Waals surface area contributed by atoms with Crippen molar-refractivity contribution in [2.45, 2.75) is 330 Å². The number of hydrogen-bond donors (Lipinski definition) is 0. The molecule has 0 N–H and O–H groups in total. The van der Waals surface area contributed by atoms with Crippen LogP contribution in [0.4, 0.5) is 0 Å². The molecule has 0 amide bonds. The molecule has 0 aromatic carbocycles. The molecule has 0 aliphatic rings. The Bertz CT molecular complexity index is 771. The van der Waals surface area contributed by atoms with Gasteiger partial charge in [-0.1, -0.05) is 292 Å².